The Morgan fingerprint density at radius 3 is 2.75 bits per heavy atom. The number of carbonyl (C=O) groups excluding carboxylic acids is 1. The van der Waals surface area contributed by atoms with Crippen LogP contribution in [0, 0.1) is 5.41 Å². The van der Waals surface area contributed by atoms with Crippen LogP contribution >= 0.6 is 0 Å². The van der Waals surface area contributed by atoms with E-state index >= 15 is 0 Å². The van der Waals surface area contributed by atoms with Crippen LogP contribution in [0.25, 0.3) is 0 Å². The molecule has 0 unspecified atom stereocenters. The third-order valence-electron chi connectivity index (χ3n) is 3.05. The highest BCUT2D eigenvalue weighted by Crippen LogP contribution is 2.21. The fourth-order valence-electron chi connectivity index (χ4n) is 1.79. The minimum absolute atomic E-state index is 0.0375. The fourth-order valence-corrected chi connectivity index (χ4v) is 1.79. The maximum absolute atomic E-state index is 11.7. The van der Waals surface area contributed by atoms with Gasteiger partial charge in [0.25, 0.3) is 5.91 Å². The largest absolute Gasteiger partial charge is 0.482 e. The molecule has 4 N–H and O–H groups in total. The molecular formula is C15H24N2O3. The van der Waals surface area contributed by atoms with E-state index in [9.17, 15) is 4.79 Å². The van der Waals surface area contributed by atoms with Gasteiger partial charge in [0.1, 0.15) is 5.75 Å². The number of nitrogens with one attached hydrogen (secondary N) is 1. The Balaban J connectivity index is 2.32. The van der Waals surface area contributed by atoms with Crippen molar-refractivity contribution in [1.29, 1.82) is 0 Å². The molecule has 0 atom stereocenters. The number of para-hydroxylation sites is 2. The highest BCUT2D eigenvalue weighted by molar-refractivity contribution is 5.77. The van der Waals surface area contributed by atoms with Gasteiger partial charge in [-0.15, -0.1) is 0 Å². The molecule has 1 aromatic carbocycles. The van der Waals surface area contributed by atoms with Crippen molar-refractivity contribution in [3.8, 4) is 5.75 Å². The quantitative estimate of drug-likeness (QED) is 0.631. The minimum Gasteiger partial charge on any atom is -0.482 e. The highest BCUT2D eigenvalue weighted by atomic mass is 16.5. The van der Waals surface area contributed by atoms with Gasteiger partial charge in [0, 0.05) is 13.2 Å². The first kappa shape index (κ1) is 16.3. The van der Waals surface area contributed by atoms with Crippen LogP contribution in [0.3, 0.4) is 0 Å². The number of aliphatic hydroxyl groups excluding tert-OH is 1. The van der Waals surface area contributed by atoms with E-state index in [4.69, 9.17) is 15.6 Å². The maximum Gasteiger partial charge on any atom is 0.257 e. The molecule has 0 aliphatic rings. The van der Waals surface area contributed by atoms with Gasteiger partial charge in [-0.1, -0.05) is 26.0 Å². The molecule has 0 bridgehead atoms. The van der Waals surface area contributed by atoms with Crippen molar-refractivity contribution >= 4 is 11.6 Å². The molecule has 1 rings (SSSR count). The first-order valence-corrected chi connectivity index (χ1v) is 6.79. The van der Waals surface area contributed by atoms with Crippen LogP contribution in [0.5, 0.6) is 5.75 Å². The Morgan fingerprint density at radius 1 is 1.40 bits per heavy atom. The number of rotatable bonds is 8. The fraction of sp³-hybridized carbons (Fsp3) is 0.533. The zero-order chi connectivity index (χ0) is 15.0. The van der Waals surface area contributed by atoms with Crippen LogP contribution in [0.15, 0.2) is 24.3 Å². The summed E-state index contributed by atoms with van der Waals surface area (Å²) >= 11 is 0. The summed E-state index contributed by atoms with van der Waals surface area (Å²) in [5.41, 5.74) is 6.20. The molecule has 112 valence electrons. The predicted molar refractivity (Wildman–Crippen MR) is 79.5 cm³/mol. The second-order valence-electron chi connectivity index (χ2n) is 5.59. The molecule has 0 aliphatic carbocycles. The maximum atomic E-state index is 11.7. The second kappa shape index (κ2) is 7.75. The van der Waals surface area contributed by atoms with Crippen LogP contribution < -0.4 is 15.8 Å². The molecule has 5 nitrogen and oxygen atoms in total. The topological polar surface area (TPSA) is 84.6 Å². The zero-order valence-corrected chi connectivity index (χ0v) is 12.2. The van der Waals surface area contributed by atoms with E-state index in [2.05, 4.69) is 19.2 Å². The predicted octanol–water partition coefficient (Wildman–Crippen LogP) is 1.56. The molecule has 0 heterocycles. The smallest absolute Gasteiger partial charge is 0.257 e. The normalized spacial score (nSPS) is 11.2. The van der Waals surface area contributed by atoms with E-state index in [-0.39, 0.29) is 24.5 Å². The van der Waals surface area contributed by atoms with E-state index in [0.717, 1.165) is 12.8 Å². The minimum atomic E-state index is -0.176. The summed E-state index contributed by atoms with van der Waals surface area (Å²) in [7, 11) is 0. The Kier molecular flexibility index (Phi) is 6.31. The van der Waals surface area contributed by atoms with Crippen molar-refractivity contribution in [2.24, 2.45) is 5.41 Å². The lowest BCUT2D eigenvalue weighted by Crippen LogP contribution is -2.36. The second-order valence-corrected chi connectivity index (χ2v) is 5.59. The number of hydrogen-bond donors (Lipinski definition) is 3. The van der Waals surface area contributed by atoms with Crippen LogP contribution in [0.2, 0.25) is 0 Å². The van der Waals surface area contributed by atoms with Gasteiger partial charge >= 0.3 is 0 Å². The van der Waals surface area contributed by atoms with E-state index in [0.29, 0.717) is 18.0 Å². The van der Waals surface area contributed by atoms with Crippen LogP contribution in [-0.4, -0.2) is 30.8 Å². The Labute approximate surface area is 120 Å². The molecule has 1 aromatic rings. The third kappa shape index (κ3) is 5.93. The van der Waals surface area contributed by atoms with Gasteiger partial charge in [0.2, 0.25) is 0 Å². The number of ether oxygens (including phenoxy) is 1. The summed E-state index contributed by atoms with van der Waals surface area (Å²) in [6, 6.07) is 7.08. The molecule has 0 aromatic heterocycles. The Hall–Kier alpha value is -1.75. The number of aliphatic hydroxyl groups is 1. The standard InChI is InChI=1S/C15H24N2O3/c1-15(2,8-5-9-18)11-17-14(19)10-20-13-7-4-3-6-12(13)16/h3-4,6-7,18H,5,8-11,16H2,1-2H3,(H,17,19). The SMILES string of the molecule is CC(C)(CCCO)CNC(=O)COc1ccccc1N. The highest BCUT2D eigenvalue weighted by Gasteiger charge is 2.18. The summed E-state index contributed by atoms with van der Waals surface area (Å²) in [5, 5.41) is 11.7. The first-order valence-electron chi connectivity index (χ1n) is 6.79. The lowest BCUT2D eigenvalue weighted by atomic mass is 9.88. The van der Waals surface area contributed by atoms with Crippen molar-refractivity contribution < 1.29 is 14.6 Å². The van der Waals surface area contributed by atoms with Gasteiger partial charge in [0.05, 0.1) is 5.69 Å². The summed E-state index contributed by atoms with van der Waals surface area (Å²) in [6.45, 7) is 4.79. The van der Waals surface area contributed by atoms with Crippen molar-refractivity contribution in [2.45, 2.75) is 26.7 Å². The number of nitrogens with two attached hydrogens (primary N) is 1. The number of carbonyl (C=O) groups is 1. The van der Waals surface area contributed by atoms with E-state index < -0.39 is 0 Å². The molecule has 0 saturated heterocycles. The molecule has 1 amide bonds. The van der Waals surface area contributed by atoms with Crippen molar-refractivity contribution in [3.05, 3.63) is 24.3 Å². The van der Waals surface area contributed by atoms with Gasteiger partial charge in [-0.3, -0.25) is 4.79 Å². The van der Waals surface area contributed by atoms with Crippen LogP contribution in [0.4, 0.5) is 5.69 Å². The first-order chi connectivity index (χ1) is 9.44. The van der Waals surface area contributed by atoms with E-state index in [1.165, 1.54) is 0 Å². The monoisotopic (exact) mass is 280 g/mol. The lowest BCUT2D eigenvalue weighted by Gasteiger charge is -2.24. The number of amides is 1. The molecule has 0 aliphatic heterocycles. The number of anilines is 1. The van der Waals surface area contributed by atoms with Crippen LogP contribution in [0.1, 0.15) is 26.7 Å². The Morgan fingerprint density at radius 2 is 2.10 bits per heavy atom. The molecular weight excluding hydrogens is 256 g/mol. The number of benzene rings is 1. The summed E-state index contributed by atoms with van der Waals surface area (Å²) in [6.07, 6.45) is 1.59. The summed E-state index contributed by atoms with van der Waals surface area (Å²) in [5.74, 6) is 0.340. The molecule has 0 fully saturated rings. The average Bonchev–Trinajstić information content (AvgIpc) is 2.42. The number of nitrogen functional groups attached to an aromatic ring is 1. The van der Waals surface area contributed by atoms with Crippen LogP contribution in [-0.2, 0) is 4.79 Å². The van der Waals surface area contributed by atoms with Gasteiger partial charge in [0.15, 0.2) is 6.61 Å². The van der Waals surface area contributed by atoms with Gasteiger partial charge < -0.3 is 20.9 Å². The lowest BCUT2D eigenvalue weighted by molar-refractivity contribution is -0.123. The van der Waals surface area contributed by atoms with Crippen molar-refractivity contribution in [3.63, 3.8) is 0 Å². The van der Waals surface area contributed by atoms with Crippen molar-refractivity contribution in [1.82, 2.24) is 5.32 Å². The van der Waals surface area contributed by atoms with Crippen molar-refractivity contribution in [2.75, 3.05) is 25.5 Å². The zero-order valence-electron chi connectivity index (χ0n) is 12.2. The van der Waals surface area contributed by atoms with E-state index in [1.807, 2.05) is 12.1 Å². The Bertz CT molecular complexity index is 433. The van der Waals surface area contributed by atoms with E-state index in [1.54, 1.807) is 12.1 Å². The molecule has 0 saturated carbocycles. The third-order valence-corrected chi connectivity index (χ3v) is 3.05. The summed E-state index contributed by atoms with van der Waals surface area (Å²) < 4.78 is 5.37. The molecule has 20 heavy (non-hydrogen) atoms. The summed E-state index contributed by atoms with van der Waals surface area (Å²) in [4.78, 5) is 11.7. The van der Waals surface area contributed by atoms with Gasteiger partial charge in [-0.05, 0) is 30.4 Å². The molecule has 0 spiro atoms. The number of hydrogen-bond acceptors (Lipinski definition) is 4. The average molecular weight is 280 g/mol. The van der Waals surface area contributed by atoms with Gasteiger partial charge in [-0.25, -0.2) is 0 Å². The molecule has 0 radical (unpaired) electrons. The molecule has 5 heteroatoms. The van der Waals surface area contributed by atoms with Gasteiger partial charge in [-0.2, -0.15) is 0 Å².